The third-order valence-corrected chi connectivity index (χ3v) is 4.45. The fraction of sp³-hybridized carbons (Fsp3) is 0.688. The molecule has 2 heterocycles. The van der Waals surface area contributed by atoms with Crippen molar-refractivity contribution in [2.24, 2.45) is 5.92 Å². The summed E-state index contributed by atoms with van der Waals surface area (Å²) in [6, 6.07) is 2.67. The van der Waals surface area contributed by atoms with E-state index in [0.29, 0.717) is 18.6 Å². The highest BCUT2D eigenvalue weighted by molar-refractivity contribution is 5.30. The minimum atomic E-state index is 0.317. The Hall–Kier alpha value is -1.13. The monoisotopic (exact) mass is 276 g/mol. The Kier molecular flexibility index (Phi) is 4.53. The number of unbranched alkanes of at least 4 members (excludes halogenated alkanes) is 1. The van der Waals surface area contributed by atoms with E-state index in [-0.39, 0.29) is 0 Å². The van der Waals surface area contributed by atoms with Crippen LogP contribution in [-0.2, 0) is 0 Å². The Bertz CT molecular complexity index is 434. The molecule has 4 nitrogen and oxygen atoms in total. The van der Waals surface area contributed by atoms with Crippen molar-refractivity contribution in [3.8, 4) is 5.75 Å². The summed E-state index contributed by atoms with van der Waals surface area (Å²) in [6.45, 7) is 2.18. The largest absolute Gasteiger partial charge is 0.490 e. The van der Waals surface area contributed by atoms with E-state index in [4.69, 9.17) is 9.84 Å². The Morgan fingerprint density at radius 3 is 3.00 bits per heavy atom. The zero-order valence-corrected chi connectivity index (χ0v) is 11.9. The summed E-state index contributed by atoms with van der Waals surface area (Å²) in [4.78, 5) is 4.31. The zero-order chi connectivity index (χ0) is 13.8. The quantitative estimate of drug-likeness (QED) is 0.714. The molecule has 1 saturated carbocycles. The number of pyridine rings is 1. The molecule has 1 aliphatic heterocycles. The number of nitrogens with zero attached hydrogens (tertiary/aromatic N) is 1. The maximum Gasteiger partial charge on any atom is 0.137 e. The lowest BCUT2D eigenvalue weighted by molar-refractivity contribution is 0.217. The van der Waals surface area contributed by atoms with E-state index in [1.54, 1.807) is 0 Å². The van der Waals surface area contributed by atoms with Gasteiger partial charge in [-0.25, -0.2) is 0 Å². The van der Waals surface area contributed by atoms with Gasteiger partial charge in [0, 0.05) is 18.8 Å². The van der Waals surface area contributed by atoms with Gasteiger partial charge in [0.05, 0.1) is 6.20 Å². The zero-order valence-electron chi connectivity index (χ0n) is 11.9. The predicted octanol–water partition coefficient (Wildman–Crippen LogP) is 2.09. The standard InChI is InChI=1S/C16H24N2O2/c19-6-2-1-3-12-8-16(12)13-7-15(10-17-9-13)20-11-14-4-5-18-14/h7,9-10,12,14,16,18-19H,1-6,8,11H2/t12-,14+,16?/m1/s1. The maximum atomic E-state index is 8.82. The molecule has 3 rings (SSSR count). The van der Waals surface area contributed by atoms with E-state index in [1.165, 1.54) is 24.8 Å². The molecule has 2 N–H and O–H groups in total. The lowest BCUT2D eigenvalue weighted by atomic mass is 10.1. The summed E-state index contributed by atoms with van der Waals surface area (Å²) in [5.41, 5.74) is 1.32. The van der Waals surface area contributed by atoms with Gasteiger partial charge in [-0.05, 0) is 55.7 Å². The number of hydrogen-bond donors (Lipinski definition) is 2. The molecule has 1 aromatic heterocycles. The Morgan fingerprint density at radius 2 is 2.25 bits per heavy atom. The molecule has 2 fully saturated rings. The van der Waals surface area contributed by atoms with E-state index in [9.17, 15) is 0 Å². The Balaban J connectivity index is 1.47. The third kappa shape index (κ3) is 3.49. The van der Waals surface area contributed by atoms with Gasteiger partial charge < -0.3 is 15.2 Å². The molecule has 4 heteroatoms. The van der Waals surface area contributed by atoms with Crippen LogP contribution in [0.2, 0.25) is 0 Å². The van der Waals surface area contributed by atoms with Gasteiger partial charge in [0.1, 0.15) is 12.4 Å². The van der Waals surface area contributed by atoms with Crippen LogP contribution in [0.4, 0.5) is 0 Å². The number of aliphatic hydroxyl groups is 1. The van der Waals surface area contributed by atoms with Crippen molar-refractivity contribution in [3.63, 3.8) is 0 Å². The molecule has 0 aromatic carbocycles. The van der Waals surface area contributed by atoms with Crippen molar-refractivity contribution in [3.05, 3.63) is 24.0 Å². The highest BCUT2D eigenvalue weighted by Crippen LogP contribution is 2.50. The second-order valence-electron chi connectivity index (χ2n) is 6.03. The lowest BCUT2D eigenvalue weighted by Crippen LogP contribution is -2.46. The third-order valence-electron chi connectivity index (χ3n) is 4.45. The van der Waals surface area contributed by atoms with Crippen LogP contribution in [0.5, 0.6) is 5.75 Å². The molecular weight excluding hydrogens is 252 g/mol. The molecule has 1 aliphatic carbocycles. The second kappa shape index (κ2) is 6.55. The number of rotatable bonds is 8. The molecular formula is C16H24N2O2. The average Bonchev–Trinajstić information content (AvgIpc) is 3.17. The average molecular weight is 276 g/mol. The van der Waals surface area contributed by atoms with Crippen LogP contribution < -0.4 is 10.1 Å². The molecule has 0 amide bonds. The highest BCUT2D eigenvalue weighted by atomic mass is 16.5. The fourth-order valence-corrected chi connectivity index (χ4v) is 2.90. The van der Waals surface area contributed by atoms with Gasteiger partial charge in [-0.1, -0.05) is 6.42 Å². The molecule has 2 aliphatic rings. The van der Waals surface area contributed by atoms with Gasteiger partial charge in [-0.15, -0.1) is 0 Å². The van der Waals surface area contributed by atoms with Crippen LogP contribution >= 0.6 is 0 Å². The van der Waals surface area contributed by atoms with E-state index in [2.05, 4.69) is 16.4 Å². The molecule has 3 atom stereocenters. The summed E-state index contributed by atoms with van der Waals surface area (Å²) in [5.74, 6) is 2.34. The van der Waals surface area contributed by atoms with Gasteiger partial charge in [-0.3, -0.25) is 4.98 Å². The van der Waals surface area contributed by atoms with E-state index in [0.717, 1.165) is 37.7 Å². The topological polar surface area (TPSA) is 54.4 Å². The van der Waals surface area contributed by atoms with Gasteiger partial charge in [-0.2, -0.15) is 0 Å². The number of nitrogens with one attached hydrogen (secondary N) is 1. The molecule has 1 unspecified atom stereocenters. The Labute approximate surface area is 120 Å². The van der Waals surface area contributed by atoms with E-state index in [1.807, 2.05) is 12.4 Å². The minimum absolute atomic E-state index is 0.317. The van der Waals surface area contributed by atoms with E-state index < -0.39 is 0 Å². The smallest absolute Gasteiger partial charge is 0.137 e. The van der Waals surface area contributed by atoms with Crippen LogP contribution in [0, 0.1) is 5.92 Å². The first-order valence-corrected chi connectivity index (χ1v) is 7.79. The summed E-state index contributed by atoms with van der Waals surface area (Å²) >= 11 is 0. The number of aliphatic hydroxyl groups excluding tert-OH is 1. The molecule has 110 valence electrons. The molecule has 1 aromatic rings. The Morgan fingerprint density at radius 1 is 1.35 bits per heavy atom. The van der Waals surface area contributed by atoms with Crippen molar-refractivity contribution in [1.82, 2.24) is 10.3 Å². The van der Waals surface area contributed by atoms with Crippen molar-refractivity contribution in [2.75, 3.05) is 19.8 Å². The molecule has 1 saturated heterocycles. The van der Waals surface area contributed by atoms with Crippen LogP contribution in [-0.4, -0.2) is 35.9 Å². The normalized spacial score (nSPS) is 27.9. The van der Waals surface area contributed by atoms with Crippen LogP contribution in [0.1, 0.15) is 43.6 Å². The van der Waals surface area contributed by atoms with Gasteiger partial charge in [0.2, 0.25) is 0 Å². The second-order valence-corrected chi connectivity index (χ2v) is 6.03. The molecule has 20 heavy (non-hydrogen) atoms. The summed E-state index contributed by atoms with van der Waals surface area (Å²) < 4.78 is 5.80. The lowest BCUT2D eigenvalue weighted by Gasteiger charge is -2.27. The van der Waals surface area contributed by atoms with Crippen molar-refractivity contribution >= 4 is 0 Å². The first-order valence-electron chi connectivity index (χ1n) is 7.79. The van der Waals surface area contributed by atoms with Gasteiger partial charge >= 0.3 is 0 Å². The minimum Gasteiger partial charge on any atom is -0.490 e. The van der Waals surface area contributed by atoms with E-state index >= 15 is 0 Å². The van der Waals surface area contributed by atoms with Crippen molar-refractivity contribution < 1.29 is 9.84 Å². The molecule has 0 radical (unpaired) electrons. The molecule has 0 spiro atoms. The predicted molar refractivity (Wildman–Crippen MR) is 77.9 cm³/mol. The maximum absolute atomic E-state index is 8.82. The number of ether oxygens (including phenoxy) is 1. The summed E-state index contributed by atoms with van der Waals surface area (Å²) in [6.07, 6.45) is 9.55. The summed E-state index contributed by atoms with van der Waals surface area (Å²) in [5, 5.41) is 12.2. The van der Waals surface area contributed by atoms with Gasteiger partial charge in [0.25, 0.3) is 0 Å². The van der Waals surface area contributed by atoms with Gasteiger partial charge in [0.15, 0.2) is 0 Å². The van der Waals surface area contributed by atoms with Crippen LogP contribution in [0.25, 0.3) is 0 Å². The van der Waals surface area contributed by atoms with Crippen LogP contribution in [0.3, 0.4) is 0 Å². The van der Waals surface area contributed by atoms with Crippen molar-refractivity contribution in [1.29, 1.82) is 0 Å². The fourth-order valence-electron chi connectivity index (χ4n) is 2.90. The highest BCUT2D eigenvalue weighted by Gasteiger charge is 2.37. The number of hydrogen-bond acceptors (Lipinski definition) is 4. The first kappa shape index (κ1) is 13.8. The first-order chi connectivity index (χ1) is 9.86. The van der Waals surface area contributed by atoms with Crippen molar-refractivity contribution in [2.45, 2.75) is 44.1 Å². The molecule has 0 bridgehead atoms. The SMILES string of the molecule is OCCCC[C@@H]1CC1c1cncc(OC[C@@H]2CCN2)c1. The van der Waals surface area contributed by atoms with Crippen LogP contribution in [0.15, 0.2) is 18.5 Å². The summed E-state index contributed by atoms with van der Waals surface area (Å²) in [7, 11) is 0. The number of aromatic nitrogens is 1.